The van der Waals surface area contributed by atoms with Gasteiger partial charge in [-0.3, -0.25) is 4.79 Å². The SMILES string of the molecule is COc1cc(S(=O)(=O)N[C@H](CC(C)C)C(=O)O)ccc1Cl. The molecule has 0 amide bonds. The molecule has 6 nitrogen and oxygen atoms in total. The first kappa shape index (κ1) is 17.7. The summed E-state index contributed by atoms with van der Waals surface area (Å²) in [5.41, 5.74) is 0. The molecular weight excluding hydrogens is 318 g/mol. The van der Waals surface area contributed by atoms with Gasteiger partial charge in [0, 0.05) is 6.07 Å². The quantitative estimate of drug-likeness (QED) is 0.796. The van der Waals surface area contributed by atoms with E-state index in [1.54, 1.807) is 0 Å². The standard InChI is InChI=1S/C13H18ClNO5S/c1-8(2)6-11(13(16)17)15-21(18,19)9-4-5-10(14)12(7-9)20-3/h4-5,7-8,11,15H,6H2,1-3H3,(H,16,17)/t11-/m1/s1. The molecule has 0 spiro atoms. The van der Waals surface area contributed by atoms with Crippen molar-refractivity contribution in [2.24, 2.45) is 5.92 Å². The van der Waals surface area contributed by atoms with Crippen LogP contribution in [-0.4, -0.2) is 32.6 Å². The number of carboxylic acids is 1. The van der Waals surface area contributed by atoms with E-state index >= 15 is 0 Å². The molecule has 0 aliphatic rings. The summed E-state index contributed by atoms with van der Waals surface area (Å²) in [6, 6.07) is 2.74. The van der Waals surface area contributed by atoms with Crippen LogP contribution >= 0.6 is 11.6 Å². The Labute approximate surface area is 129 Å². The van der Waals surface area contributed by atoms with Gasteiger partial charge in [-0.1, -0.05) is 25.4 Å². The fraction of sp³-hybridized carbons (Fsp3) is 0.462. The lowest BCUT2D eigenvalue weighted by Crippen LogP contribution is -2.41. The highest BCUT2D eigenvalue weighted by molar-refractivity contribution is 7.89. The summed E-state index contributed by atoms with van der Waals surface area (Å²) in [5.74, 6) is -0.975. The van der Waals surface area contributed by atoms with E-state index in [9.17, 15) is 13.2 Å². The van der Waals surface area contributed by atoms with Crippen LogP contribution in [0.4, 0.5) is 0 Å². The van der Waals surface area contributed by atoms with Crippen LogP contribution in [0.1, 0.15) is 20.3 Å². The van der Waals surface area contributed by atoms with Gasteiger partial charge in [-0.25, -0.2) is 8.42 Å². The molecule has 0 radical (unpaired) electrons. The highest BCUT2D eigenvalue weighted by Crippen LogP contribution is 2.27. The second-order valence-electron chi connectivity index (χ2n) is 4.94. The highest BCUT2D eigenvalue weighted by atomic mass is 35.5. The summed E-state index contributed by atoms with van der Waals surface area (Å²) in [6.45, 7) is 3.63. The zero-order chi connectivity index (χ0) is 16.2. The number of benzene rings is 1. The minimum absolute atomic E-state index is 0.0357. The van der Waals surface area contributed by atoms with Gasteiger partial charge in [-0.15, -0.1) is 0 Å². The van der Waals surface area contributed by atoms with Crippen molar-refractivity contribution in [2.75, 3.05) is 7.11 Å². The van der Waals surface area contributed by atoms with E-state index in [0.717, 1.165) is 0 Å². The molecule has 1 aromatic carbocycles. The summed E-state index contributed by atoms with van der Waals surface area (Å²) < 4.78 is 31.6. The van der Waals surface area contributed by atoms with Crippen molar-refractivity contribution in [1.29, 1.82) is 0 Å². The lowest BCUT2D eigenvalue weighted by Gasteiger charge is -2.17. The van der Waals surface area contributed by atoms with E-state index in [1.165, 1.54) is 25.3 Å². The smallest absolute Gasteiger partial charge is 0.321 e. The molecule has 0 aromatic heterocycles. The Morgan fingerprint density at radius 3 is 2.52 bits per heavy atom. The van der Waals surface area contributed by atoms with E-state index in [0.29, 0.717) is 0 Å². The summed E-state index contributed by atoms with van der Waals surface area (Å²) in [5, 5.41) is 9.38. The van der Waals surface area contributed by atoms with Gasteiger partial charge in [0.2, 0.25) is 10.0 Å². The molecule has 1 aromatic rings. The molecule has 21 heavy (non-hydrogen) atoms. The normalized spacial score (nSPS) is 13.2. The van der Waals surface area contributed by atoms with Crippen molar-refractivity contribution in [3.05, 3.63) is 23.2 Å². The number of carboxylic acid groups (broad SMARTS) is 1. The molecule has 0 heterocycles. The van der Waals surface area contributed by atoms with Crippen molar-refractivity contribution in [1.82, 2.24) is 4.72 Å². The Bertz CT molecular complexity index is 615. The third-order valence-corrected chi connectivity index (χ3v) is 4.52. The molecular formula is C13H18ClNO5S. The molecule has 0 fully saturated rings. The number of hydrogen-bond acceptors (Lipinski definition) is 4. The molecule has 2 N–H and O–H groups in total. The number of sulfonamides is 1. The number of rotatable bonds is 7. The average molecular weight is 336 g/mol. The van der Waals surface area contributed by atoms with E-state index in [4.69, 9.17) is 21.4 Å². The lowest BCUT2D eigenvalue weighted by molar-refractivity contribution is -0.139. The van der Waals surface area contributed by atoms with Gasteiger partial charge in [0.25, 0.3) is 0 Å². The summed E-state index contributed by atoms with van der Waals surface area (Å²) in [4.78, 5) is 11.1. The molecule has 0 aliphatic heterocycles. The minimum Gasteiger partial charge on any atom is -0.495 e. The minimum atomic E-state index is -3.97. The van der Waals surface area contributed by atoms with Gasteiger partial charge in [0.05, 0.1) is 17.0 Å². The van der Waals surface area contributed by atoms with Crippen molar-refractivity contribution in [3.8, 4) is 5.75 Å². The van der Waals surface area contributed by atoms with Crippen molar-refractivity contribution in [3.63, 3.8) is 0 Å². The van der Waals surface area contributed by atoms with Crippen LogP contribution < -0.4 is 9.46 Å². The maximum atomic E-state index is 12.2. The molecule has 0 unspecified atom stereocenters. The Morgan fingerprint density at radius 2 is 2.05 bits per heavy atom. The number of hydrogen-bond donors (Lipinski definition) is 2. The Kier molecular flexibility index (Phi) is 6.00. The maximum absolute atomic E-state index is 12.2. The highest BCUT2D eigenvalue weighted by Gasteiger charge is 2.26. The molecule has 1 atom stereocenters. The number of aliphatic carboxylic acids is 1. The molecule has 0 aliphatic carbocycles. The van der Waals surface area contributed by atoms with E-state index in [-0.39, 0.29) is 28.0 Å². The predicted octanol–water partition coefficient (Wildman–Crippen LogP) is 2.13. The van der Waals surface area contributed by atoms with Crippen LogP contribution in [0.15, 0.2) is 23.1 Å². The third-order valence-electron chi connectivity index (χ3n) is 2.74. The largest absolute Gasteiger partial charge is 0.495 e. The zero-order valence-electron chi connectivity index (χ0n) is 12.0. The van der Waals surface area contributed by atoms with Crippen LogP contribution in [0.25, 0.3) is 0 Å². The van der Waals surface area contributed by atoms with Gasteiger partial charge in [-0.05, 0) is 24.5 Å². The van der Waals surface area contributed by atoms with Crippen LogP contribution in [-0.2, 0) is 14.8 Å². The molecule has 0 saturated heterocycles. The van der Waals surface area contributed by atoms with Gasteiger partial charge >= 0.3 is 5.97 Å². The molecule has 118 valence electrons. The zero-order valence-corrected chi connectivity index (χ0v) is 13.5. The Balaban J connectivity index is 3.07. The lowest BCUT2D eigenvalue weighted by atomic mass is 10.1. The number of ether oxygens (including phenoxy) is 1. The van der Waals surface area contributed by atoms with Crippen LogP contribution in [0.3, 0.4) is 0 Å². The van der Waals surface area contributed by atoms with Crippen molar-refractivity contribution in [2.45, 2.75) is 31.2 Å². The Hall–Kier alpha value is -1.31. The molecule has 0 saturated carbocycles. The summed E-state index contributed by atoms with van der Waals surface area (Å²) in [6.07, 6.45) is 0.194. The summed E-state index contributed by atoms with van der Waals surface area (Å²) >= 11 is 5.84. The van der Waals surface area contributed by atoms with E-state index < -0.39 is 22.0 Å². The van der Waals surface area contributed by atoms with Gasteiger partial charge < -0.3 is 9.84 Å². The van der Waals surface area contributed by atoms with Gasteiger partial charge in [-0.2, -0.15) is 4.72 Å². The third kappa shape index (κ3) is 4.87. The topological polar surface area (TPSA) is 92.7 Å². The second kappa shape index (κ2) is 7.11. The fourth-order valence-electron chi connectivity index (χ4n) is 1.73. The monoisotopic (exact) mass is 335 g/mol. The molecule has 1 rings (SSSR count). The predicted molar refractivity (Wildman–Crippen MR) is 79.2 cm³/mol. The first-order valence-electron chi connectivity index (χ1n) is 6.26. The van der Waals surface area contributed by atoms with Gasteiger partial charge in [0.15, 0.2) is 0 Å². The Morgan fingerprint density at radius 1 is 1.43 bits per heavy atom. The second-order valence-corrected chi connectivity index (χ2v) is 7.06. The molecule has 0 bridgehead atoms. The van der Waals surface area contributed by atoms with Crippen LogP contribution in [0, 0.1) is 5.92 Å². The number of methoxy groups -OCH3 is 1. The number of carbonyl (C=O) groups is 1. The fourth-order valence-corrected chi connectivity index (χ4v) is 3.15. The average Bonchev–Trinajstić information content (AvgIpc) is 2.37. The van der Waals surface area contributed by atoms with E-state index in [2.05, 4.69) is 4.72 Å². The number of halogens is 1. The first-order chi connectivity index (χ1) is 9.67. The van der Waals surface area contributed by atoms with Crippen molar-refractivity contribution >= 4 is 27.6 Å². The number of nitrogens with one attached hydrogen (secondary N) is 1. The van der Waals surface area contributed by atoms with Crippen LogP contribution in [0.2, 0.25) is 5.02 Å². The van der Waals surface area contributed by atoms with Gasteiger partial charge in [0.1, 0.15) is 11.8 Å². The first-order valence-corrected chi connectivity index (χ1v) is 8.12. The maximum Gasteiger partial charge on any atom is 0.321 e. The van der Waals surface area contributed by atoms with Crippen LogP contribution in [0.5, 0.6) is 5.75 Å². The molecule has 8 heteroatoms. The van der Waals surface area contributed by atoms with Crippen molar-refractivity contribution < 1.29 is 23.1 Å². The summed E-state index contributed by atoms with van der Waals surface area (Å²) in [7, 11) is -2.60. The van der Waals surface area contributed by atoms with E-state index in [1.807, 2.05) is 13.8 Å².